The lowest BCUT2D eigenvalue weighted by Gasteiger charge is -2.22. The summed E-state index contributed by atoms with van der Waals surface area (Å²) in [6.45, 7) is 6.78. The van der Waals surface area contributed by atoms with Crippen molar-refractivity contribution in [2.45, 2.75) is 32.2 Å². The van der Waals surface area contributed by atoms with E-state index in [1.165, 1.54) is 0 Å². The van der Waals surface area contributed by atoms with Crippen LogP contribution in [0.5, 0.6) is 0 Å². The molecule has 0 aromatic carbocycles. The average Bonchev–Trinajstić information content (AvgIpc) is 2.63. The summed E-state index contributed by atoms with van der Waals surface area (Å²) in [5.41, 5.74) is 1.02. The zero-order valence-corrected chi connectivity index (χ0v) is 11.3. The molecular formula is C11H19N3O2S. The highest BCUT2D eigenvalue weighted by molar-refractivity contribution is 7.91. The van der Waals surface area contributed by atoms with Crippen LogP contribution in [0.25, 0.3) is 0 Å². The van der Waals surface area contributed by atoms with Gasteiger partial charge in [-0.3, -0.25) is 0 Å². The predicted molar refractivity (Wildman–Crippen MR) is 66.7 cm³/mol. The van der Waals surface area contributed by atoms with E-state index in [0.29, 0.717) is 6.54 Å². The molecule has 0 radical (unpaired) electrons. The van der Waals surface area contributed by atoms with Gasteiger partial charge in [0.05, 0.1) is 17.5 Å². The highest BCUT2D eigenvalue weighted by atomic mass is 32.2. The van der Waals surface area contributed by atoms with Gasteiger partial charge in [0.1, 0.15) is 5.82 Å². The molecule has 1 atom stereocenters. The second kappa shape index (κ2) is 4.10. The molecule has 2 N–H and O–H groups in total. The van der Waals surface area contributed by atoms with Crippen LogP contribution in [0.15, 0.2) is 6.20 Å². The second-order valence-electron chi connectivity index (χ2n) is 5.55. The van der Waals surface area contributed by atoms with Crippen molar-refractivity contribution in [1.29, 1.82) is 0 Å². The van der Waals surface area contributed by atoms with Crippen LogP contribution in [0.3, 0.4) is 0 Å². The van der Waals surface area contributed by atoms with Crippen LogP contribution in [-0.4, -0.2) is 36.4 Å². The Balaban J connectivity index is 2.21. The number of hydrogen-bond acceptors (Lipinski definition) is 4. The molecule has 0 bridgehead atoms. The van der Waals surface area contributed by atoms with E-state index in [-0.39, 0.29) is 23.0 Å². The molecule has 1 saturated heterocycles. The molecule has 2 rings (SSSR count). The highest BCUT2D eigenvalue weighted by Crippen LogP contribution is 2.23. The Bertz CT molecular complexity index is 499. The van der Waals surface area contributed by atoms with Crippen molar-refractivity contribution >= 4 is 9.84 Å². The van der Waals surface area contributed by atoms with Gasteiger partial charge in [0, 0.05) is 23.9 Å². The first-order valence-corrected chi connectivity index (χ1v) is 7.59. The van der Waals surface area contributed by atoms with Crippen molar-refractivity contribution in [1.82, 2.24) is 15.3 Å². The molecule has 1 unspecified atom stereocenters. The number of nitrogens with zero attached hydrogens (tertiary/aromatic N) is 1. The number of sulfone groups is 1. The van der Waals surface area contributed by atoms with E-state index in [2.05, 4.69) is 36.1 Å². The third kappa shape index (κ3) is 2.87. The second-order valence-corrected chi connectivity index (χ2v) is 7.78. The van der Waals surface area contributed by atoms with Gasteiger partial charge in [-0.25, -0.2) is 13.4 Å². The van der Waals surface area contributed by atoms with Gasteiger partial charge in [-0.1, -0.05) is 20.8 Å². The molecule has 1 aliphatic rings. The van der Waals surface area contributed by atoms with Crippen LogP contribution in [0.4, 0.5) is 0 Å². The molecule has 1 aromatic heterocycles. The maximum atomic E-state index is 11.6. The molecule has 5 nitrogen and oxygen atoms in total. The smallest absolute Gasteiger partial charge is 0.153 e. The van der Waals surface area contributed by atoms with E-state index < -0.39 is 9.84 Å². The van der Waals surface area contributed by atoms with E-state index in [9.17, 15) is 8.42 Å². The Morgan fingerprint density at radius 3 is 2.65 bits per heavy atom. The van der Waals surface area contributed by atoms with Crippen molar-refractivity contribution in [3.05, 3.63) is 17.7 Å². The lowest BCUT2D eigenvalue weighted by molar-refractivity contribution is 0.513. The summed E-state index contributed by atoms with van der Waals surface area (Å²) < 4.78 is 23.1. The first-order chi connectivity index (χ1) is 7.78. The number of hydrogen-bond donors (Lipinski definition) is 2. The van der Waals surface area contributed by atoms with E-state index in [4.69, 9.17) is 0 Å². The van der Waals surface area contributed by atoms with E-state index in [1.807, 2.05) is 0 Å². The summed E-state index contributed by atoms with van der Waals surface area (Å²) >= 11 is 0. The molecule has 96 valence electrons. The Hall–Kier alpha value is -0.880. The Morgan fingerprint density at radius 1 is 1.41 bits per heavy atom. The minimum Gasteiger partial charge on any atom is -0.344 e. The third-order valence-electron chi connectivity index (χ3n) is 2.96. The third-order valence-corrected chi connectivity index (χ3v) is 4.63. The van der Waals surface area contributed by atoms with Gasteiger partial charge in [-0.2, -0.15) is 0 Å². The van der Waals surface area contributed by atoms with Crippen LogP contribution >= 0.6 is 0 Å². The first-order valence-electron chi connectivity index (χ1n) is 5.77. The van der Waals surface area contributed by atoms with E-state index in [1.54, 1.807) is 6.20 Å². The number of rotatable bonds is 1. The predicted octanol–water partition coefficient (Wildman–Crippen LogP) is 0.766. The molecule has 0 amide bonds. The standard InChI is InChI=1S/C11H19N3O2S/c1-11(2,3)9-6-13-10(14-9)8-7-17(15,16)5-4-12-8/h6,8,12H,4-5,7H2,1-3H3,(H,13,14). The van der Waals surface area contributed by atoms with Gasteiger partial charge in [0.15, 0.2) is 9.84 Å². The summed E-state index contributed by atoms with van der Waals surface area (Å²) in [5.74, 6) is 1.07. The van der Waals surface area contributed by atoms with Gasteiger partial charge in [-0.15, -0.1) is 0 Å². The quantitative estimate of drug-likeness (QED) is 0.779. The fraction of sp³-hybridized carbons (Fsp3) is 0.727. The zero-order valence-electron chi connectivity index (χ0n) is 10.4. The van der Waals surface area contributed by atoms with Crippen LogP contribution in [-0.2, 0) is 15.3 Å². The minimum absolute atomic E-state index is 0.00120. The van der Waals surface area contributed by atoms with Crippen LogP contribution in [0.2, 0.25) is 0 Å². The fourth-order valence-corrected chi connectivity index (χ4v) is 3.23. The topological polar surface area (TPSA) is 74.8 Å². The van der Waals surface area contributed by atoms with Crippen molar-refractivity contribution in [3.63, 3.8) is 0 Å². The van der Waals surface area contributed by atoms with Gasteiger partial charge in [0.2, 0.25) is 0 Å². The maximum Gasteiger partial charge on any atom is 0.153 e. The Labute approximate surface area is 102 Å². The molecule has 2 heterocycles. The normalized spacial score (nSPS) is 24.8. The van der Waals surface area contributed by atoms with E-state index >= 15 is 0 Å². The number of aromatic nitrogens is 2. The lowest BCUT2D eigenvalue weighted by atomic mass is 9.93. The summed E-state index contributed by atoms with van der Waals surface area (Å²) in [7, 11) is -2.93. The molecule has 0 aliphatic carbocycles. The van der Waals surface area contributed by atoms with Crippen molar-refractivity contribution in [3.8, 4) is 0 Å². The molecule has 6 heteroatoms. The lowest BCUT2D eigenvalue weighted by Crippen LogP contribution is -2.39. The van der Waals surface area contributed by atoms with Gasteiger partial charge in [0.25, 0.3) is 0 Å². The van der Waals surface area contributed by atoms with Gasteiger partial charge in [-0.05, 0) is 0 Å². The summed E-state index contributed by atoms with van der Waals surface area (Å²) in [4.78, 5) is 7.51. The molecule has 0 spiro atoms. The molecule has 1 aromatic rings. The molecule has 1 fully saturated rings. The van der Waals surface area contributed by atoms with Crippen molar-refractivity contribution in [2.24, 2.45) is 0 Å². The van der Waals surface area contributed by atoms with Crippen LogP contribution in [0.1, 0.15) is 38.3 Å². The number of H-pyrrole nitrogens is 1. The molecule has 0 saturated carbocycles. The fourth-order valence-electron chi connectivity index (χ4n) is 1.86. The average molecular weight is 257 g/mol. The van der Waals surface area contributed by atoms with Crippen molar-refractivity contribution < 1.29 is 8.42 Å². The first kappa shape index (κ1) is 12.6. The van der Waals surface area contributed by atoms with Crippen molar-refractivity contribution in [2.75, 3.05) is 18.1 Å². The molecular weight excluding hydrogens is 238 g/mol. The SMILES string of the molecule is CC(C)(C)c1cnc(C2CS(=O)(=O)CCN2)[nH]1. The largest absolute Gasteiger partial charge is 0.344 e. The summed E-state index contributed by atoms with van der Waals surface area (Å²) in [6, 6.07) is -0.204. The molecule has 1 aliphatic heterocycles. The summed E-state index contributed by atoms with van der Waals surface area (Å²) in [6.07, 6.45) is 1.79. The Kier molecular flexibility index (Phi) is 3.03. The van der Waals surface area contributed by atoms with Crippen LogP contribution in [0, 0.1) is 0 Å². The monoisotopic (exact) mass is 257 g/mol. The highest BCUT2D eigenvalue weighted by Gasteiger charge is 2.28. The van der Waals surface area contributed by atoms with Crippen LogP contribution < -0.4 is 5.32 Å². The number of imidazole rings is 1. The number of aromatic amines is 1. The number of nitrogens with one attached hydrogen (secondary N) is 2. The van der Waals surface area contributed by atoms with Gasteiger partial charge < -0.3 is 10.3 Å². The Morgan fingerprint density at radius 2 is 2.12 bits per heavy atom. The summed E-state index contributed by atoms with van der Waals surface area (Å²) in [5, 5.41) is 3.18. The van der Waals surface area contributed by atoms with Gasteiger partial charge >= 0.3 is 0 Å². The molecule has 17 heavy (non-hydrogen) atoms. The zero-order chi connectivity index (χ0) is 12.7. The van der Waals surface area contributed by atoms with E-state index in [0.717, 1.165) is 11.5 Å². The maximum absolute atomic E-state index is 11.6. The minimum atomic E-state index is -2.93.